The van der Waals surface area contributed by atoms with Crippen LogP contribution in [-0.4, -0.2) is 5.12 Å². The Bertz CT molecular complexity index is 157. The third-order valence-electron chi connectivity index (χ3n) is 2.98. The minimum atomic E-state index is -0.0732. The second-order valence-electron chi connectivity index (χ2n) is 4.66. The molecule has 0 bridgehead atoms. The number of unbranched alkanes of at least 4 members (excludes halogenated alkanes) is 10. The molecule has 0 heterocycles. The molecule has 0 spiro atoms. The maximum Gasteiger partial charge on any atom is 0.218 e. The lowest BCUT2D eigenvalue weighted by molar-refractivity contribution is -0.110. The van der Waals surface area contributed by atoms with Crippen LogP contribution in [0.5, 0.6) is 0 Å². The fraction of sp³-hybridized carbons (Fsp3) is 0.929. The molecule has 16 heavy (non-hydrogen) atoms. The lowest BCUT2D eigenvalue weighted by Crippen LogP contribution is -1.86. The van der Waals surface area contributed by atoms with Crippen LogP contribution in [0.25, 0.3) is 0 Å². The van der Waals surface area contributed by atoms with Gasteiger partial charge in [0, 0.05) is 6.42 Å². The van der Waals surface area contributed by atoms with Gasteiger partial charge >= 0.3 is 0 Å². The lowest BCUT2D eigenvalue weighted by Gasteiger charge is -2.01. The molecular formula is C14H27OS. The third-order valence-corrected chi connectivity index (χ3v) is 3.19. The van der Waals surface area contributed by atoms with Crippen LogP contribution >= 0.6 is 12.6 Å². The lowest BCUT2D eigenvalue weighted by atomic mass is 10.1. The Morgan fingerprint density at radius 3 is 1.50 bits per heavy atom. The molecule has 0 aromatic rings. The van der Waals surface area contributed by atoms with Crippen LogP contribution in [0, 0.1) is 0 Å². The fourth-order valence-corrected chi connectivity index (χ4v) is 2.08. The van der Waals surface area contributed by atoms with E-state index in [-0.39, 0.29) is 5.12 Å². The molecule has 0 aliphatic heterocycles. The topological polar surface area (TPSA) is 17.1 Å². The minimum absolute atomic E-state index is 0.0732. The van der Waals surface area contributed by atoms with Crippen LogP contribution < -0.4 is 0 Å². The van der Waals surface area contributed by atoms with E-state index in [2.05, 4.69) is 19.6 Å². The van der Waals surface area contributed by atoms with Crippen molar-refractivity contribution in [2.24, 2.45) is 0 Å². The summed E-state index contributed by atoms with van der Waals surface area (Å²) in [5.41, 5.74) is 0. The molecule has 95 valence electrons. The van der Waals surface area contributed by atoms with Crippen molar-refractivity contribution in [2.45, 2.75) is 84.0 Å². The monoisotopic (exact) mass is 243 g/mol. The third kappa shape index (κ3) is 13.9. The smallest absolute Gasteiger partial charge is 0.218 e. The minimum Gasteiger partial charge on any atom is -0.282 e. The van der Waals surface area contributed by atoms with Crippen molar-refractivity contribution in [1.82, 2.24) is 0 Å². The zero-order valence-corrected chi connectivity index (χ0v) is 11.6. The molecule has 1 nitrogen and oxygen atoms in total. The molecular weight excluding hydrogens is 216 g/mol. The Balaban J connectivity index is 2.90. The maximum atomic E-state index is 10.5. The maximum absolute atomic E-state index is 10.5. The van der Waals surface area contributed by atoms with E-state index in [1.165, 1.54) is 64.2 Å². The van der Waals surface area contributed by atoms with Crippen molar-refractivity contribution in [1.29, 1.82) is 0 Å². The first kappa shape index (κ1) is 15.9. The van der Waals surface area contributed by atoms with E-state index < -0.39 is 0 Å². The molecule has 0 fully saturated rings. The highest BCUT2D eigenvalue weighted by atomic mass is 32.1. The summed E-state index contributed by atoms with van der Waals surface area (Å²) in [4.78, 5) is 10.5. The Morgan fingerprint density at radius 1 is 0.750 bits per heavy atom. The fourth-order valence-electron chi connectivity index (χ4n) is 1.93. The summed E-state index contributed by atoms with van der Waals surface area (Å²) < 4.78 is 0. The van der Waals surface area contributed by atoms with Crippen LogP contribution in [0.2, 0.25) is 0 Å². The summed E-state index contributed by atoms with van der Waals surface area (Å²) in [5.74, 6) is 0. The van der Waals surface area contributed by atoms with Crippen molar-refractivity contribution >= 4 is 17.7 Å². The summed E-state index contributed by atoms with van der Waals surface area (Å²) in [5, 5.41) is -0.0732. The van der Waals surface area contributed by atoms with Crippen molar-refractivity contribution in [3.63, 3.8) is 0 Å². The molecule has 2 heteroatoms. The Labute approximate surface area is 107 Å². The summed E-state index contributed by atoms with van der Waals surface area (Å²) >= 11 is 4.51. The highest BCUT2D eigenvalue weighted by Gasteiger charge is 1.96. The van der Waals surface area contributed by atoms with Gasteiger partial charge in [-0.25, -0.2) is 0 Å². The van der Waals surface area contributed by atoms with Gasteiger partial charge < -0.3 is 0 Å². The standard InChI is InChI=1S/C14H27OS/c1-2-3-4-5-6-7-8-9-10-11-12-13-14(15)16/h2-13H2,1H3. The molecule has 0 atom stereocenters. The van der Waals surface area contributed by atoms with Crippen molar-refractivity contribution < 1.29 is 4.79 Å². The van der Waals surface area contributed by atoms with Crippen molar-refractivity contribution in [2.75, 3.05) is 0 Å². The number of carbonyl (C=O) groups is 1. The van der Waals surface area contributed by atoms with Gasteiger partial charge in [0.2, 0.25) is 5.12 Å². The summed E-state index contributed by atoms with van der Waals surface area (Å²) in [6, 6.07) is 0. The van der Waals surface area contributed by atoms with Crippen LogP contribution in [0.15, 0.2) is 0 Å². The molecule has 0 saturated heterocycles. The van der Waals surface area contributed by atoms with Gasteiger partial charge in [0.05, 0.1) is 0 Å². The molecule has 0 amide bonds. The summed E-state index contributed by atoms with van der Waals surface area (Å²) in [6.45, 7) is 2.26. The second kappa shape index (κ2) is 13.0. The highest BCUT2D eigenvalue weighted by molar-refractivity contribution is 7.96. The number of hydrogen-bond donors (Lipinski definition) is 0. The molecule has 0 aliphatic rings. The molecule has 0 aliphatic carbocycles. The quantitative estimate of drug-likeness (QED) is 0.419. The Hall–Kier alpha value is -0.110. The van der Waals surface area contributed by atoms with Crippen LogP contribution in [-0.2, 0) is 4.79 Å². The average molecular weight is 243 g/mol. The first-order chi connectivity index (χ1) is 7.77. The zero-order valence-electron chi connectivity index (χ0n) is 10.8. The highest BCUT2D eigenvalue weighted by Crippen LogP contribution is 2.12. The predicted octanol–water partition coefficient (Wildman–Crippen LogP) is 5.41. The van der Waals surface area contributed by atoms with E-state index >= 15 is 0 Å². The average Bonchev–Trinajstić information content (AvgIpc) is 2.25. The summed E-state index contributed by atoms with van der Waals surface area (Å²) in [6.07, 6.45) is 15.1. The van der Waals surface area contributed by atoms with Gasteiger partial charge in [-0.05, 0) is 19.0 Å². The van der Waals surface area contributed by atoms with E-state index in [0.717, 1.165) is 6.42 Å². The predicted molar refractivity (Wildman–Crippen MR) is 73.7 cm³/mol. The van der Waals surface area contributed by atoms with Gasteiger partial charge in [-0.1, -0.05) is 71.1 Å². The van der Waals surface area contributed by atoms with Gasteiger partial charge in [0.1, 0.15) is 0 Å². The van der Waals surface area contributed by atoms with Crippen LogP contribution in [0.3, 0.4) is 0 Å². The SMILES string of the molecule is CCCCCCCCCCCCCC(=O)[S]. The Morgan fingerprint density at radius 2 is 1.12 bits per heavy atom. The first-order valence-corrected chi connectivity index (χ1v) is 7.38. The van der Waals surface area contributed by atoms with Crippen molar-refractivity contribution in [3.05, 3.63) is 0 Å². The van der Waals surface area contributed by atoms with Gasteiger partial charge in [-0.3, -0.25) is 4.79 Å². The molecule has 0 saturated carbocycles. The summed E-state index contributed by atoms with van der Waals surface area (Å²) in [7, 11) is 0. The van der Waals surface area contributed by atoms with E-state index in [0.29, 0.717) is 6.42 Å². The second-order valence-corrected chi connectivity index (χ2v) is 5.11. The van der Waals surface area contributed by atoms with E-state index in [9.17, 15) is 4.79 Å². The zero-order chi connectivity index (χ0) is 12.1. The molecule has 0 N–H and O–H groups in total. The van der Waals surface area contributed by atoms with E-state index in [1.807, 2.05) is 0 Å². The molecule has 0 rings (SSSR count). The molecule has 0 aromatic carbocycles. The van der Waals surface area contributed by atoms with Crippen LogP contribution in [0.1, 0.15) is 84.0 Å². The van der Waals surface area contributed by atoms with E-state index in [1.54, 1.807) is 0 Å². The van der Waals surface area contributed by atoms with Crippen LogP contribution in [0.4, 0.5) is 0 Å². The van der Waals surface area contributed by atoms with Gasteiger partial charge in [-0.2, -0.15) is 0 Å². The van der Waals surface area contributed by atoms with Crippen molar-refractivity contribution in [3.8, 4) is 0 Å². The molecule has 0 aromatic heterocycles. The molecule has 0 unspecified atom stereocenters. The van der Waals surface area contributed by atoms with Gasteiger partial charge in [0.25, 0.3) is 0 Å². The van der Waals surface area contributed by atoms with E-state index in [4.69, 9.17) is 0 Å². The largest absolute Gasteiger partial charge is 0.282 e. The number of rotatable bonds is 12. The molecule has 1 radical (unpaired) electrons. The van der Waals surface area contributed by atoms with Gasteiger partial charge in [-0.15, -0.1) is 0 Å². The van der Waals surface area contributed by atoms with Gasteiger partial charge in [0.15, 0.2) is 0 Å². The Kier molecular flexibility index (Phi) is 12.9. The normalized spacial score (nSPS) is 10.6. The first-order valence-electron chi connectivity index (χ1n) is 6.97. The number of carbonyl (C=O) groups excluding carboxylic acids is 1. The number of hydrogen-bond acceptors (Lipinski definition) is 1.